The van der Waals surface area contributed by atoms with E-state index in [9.17, 15) is 4.79 Å². The molecule has 0 unspecified atom stereocenters. The van der Waals surface area contributed by atoms with Crippen LogP contribution in [0.25, 0.3) is 0 Å². The minimum absolute atomic E-state index is 0.0103. The zero-order chi connectivity index (χ0) is 16.9. The quantitative estimate of drug-likeness (QED) is 0.917. The summed E-state index contributed by atoms with van der Waals surface area (Å²) >= 11 is 6.04. The lowest BCUT2D eigenvalue weighted by Gasteiger charge is -2.33. The number of hydrogen-bond acceptors (Lipinski definition) is 3. The van der Waals surface area contributed by atoms with E-state index in [1.165, 1.54) is 0 Å². The van der Waals surface area contributed by atoms with Crippen molar-refractivity contribution >= 4 is 28.9 Å². The topological polar surface area (TPSA) is 56.1 Å². The van der Waals surface area contributed by atoms with Crippen LogP contribution in [0, 0.1) is 17.2 Å². The van der Waals surface area contributed by atoms with Gasteiger partial charge in [0.25, 0.3) is 0 Å². The first-order chi connectivity index (χ1) is 11.7. The van der Waals surface area contributed by atoms with Gasteiger partial charge < -0.3 is 10.2 Å². The first kappa shape index (κ1) is 16.4. The highest BCUT2D eigenvalue weighted by atomic mass is 35.5. The van der Waals surface area contributed by atoms with Gasteiger partial charge in [0.05, 0.1) is 11.6 Å². The van der Waals surface area contributed by atoms with Crippen molar-refractivity contribution in [3.05, 3.63) is 59.1 Å². The third kappa shape index (κ3) is 3.87. The normalized spacial score (nSPS) is 14.9. The number of nitrogens with zero attached hydrogens (tertiary/aromatic N) is 2. The predicted octanol–water partition coefficient (Wildman–Crippen LogP) is 4.07. The molecule has 1 heterocycles. The zero-order valence-electron chi connectivity index (χ0n) is 13.2. The molecule has 5 heteroatoms. The molecule has 0 radical (unpaired) electrons. The first-order valence-electron chi connectivity index (χ1n) is 7.97. The minimum atomic E-state index is 0.0103. The fourth-order valence-corrected chi connectivity index (χ4v) is 3.13. The molecule has 4 nitrogen and oxygen atoms in total. The molecule has 24 heavy (non-hydrogen) atoms. The number of amides is 1. The molecule has 1 aliphatic rings. The van der Waals surface area contributed by atoms with Crippen LogP contribution in [-0.2, 0) is 4.79 Å². The number of piperidine rings is 1. The van der Waals surface area contributed by atoms with Gasteiger partial charge >= 0.3 is 0 Å². The Morgan fingerprint density at radius 1 is 1.17 bits per heavy atom. The van der Waals surface area contributed by atoms with Crippen LogP contribution in [0.5, 0.6) is 0 Å². The number of nitriles is 1. The van der Waals surface area contributed by atoms with Gasteiger partial charge in [-0.25, -0.2) is 0 Å². The highest BCUT2D eigenvalue weighted by Gasteiger charge is 2.25. The van der Waals surface area contributed by atoms with Crippen LogP contribution in [0.2, 0.25) is 5.02 Å². The second kappa shape index (κ2) is 7.37. The van der Waals surface area contributed by atoms with Crippen molar-refractivity contribution in [3.63, 3.8) is 0 Å². The largest absolute Gasteiger partial charge is 0.371 e. The highest BCUT2D eigenvalue weighted by molar-refractivity contribution is 6.30. The van der Waals surface area contributed by atoms with E-state index in [4.69, 9.17) is 16.9 Å². The third-order valence-electron chi connectivity index (χ3n) is 4.32. The van der Waals surface area contributed by atoms with Crippen molar-refractivity contribution in [2.24, 2.45) is 5.92 Å². The average molecular weight is 340 g/mol. The molecule has 1 saturated heterocycles. The van der Waals surface area contributed by atoms with Gasteiger partial charge in [-0.1, -0.05) is 17.7 Å². The number of carbonyl (C=O) groups is 1. The Kier molecular flexibility index (Phi) is 5.02. The summed E-state index contributed by atoms with van der Waals surface area (Å²) in [5.74, 6) is 0.0570. The van der Waals surface area contributed by atoms with Crippen LogP contribution < -0.4 is 10.2 Å². The Labute approximate surface area is 146 Å². The Balaban J connectivity index is 1.56. The molecule has 3 rings (SSSR count). The lowest BCUT2D eigenvalue weighted by atomic mass is 9.95. The summed E-state index contributed by atoms with van der Waals surface area (Å²) in [4.78, 5) is 14.7. The summed E-state index contributed by atoms with van der Waals surface area (Å²) in [6, 6.07) is 16.8. The number of benzene rings is 2. The number of carbonyl (C=O) groups excluding carboxylic acids is 1. The number of nitrogens with one attached hydrogen (secondary N) is 1. The fraction of sp³-hybridized carbons (Fsp3) is 0.263. The molecule has 0 aromatic heterocycles. The standard InChI is InChI=1S/C19H18ClN3O/c20-16-2-1-3-18(12-16)23-10-8-15(9-11-23)19(24)22-17-6-4-14(13-21)5-7-17/h1-7,12,15H,8-11H2,(H,22,24). The lowest BCUT2D eigenvalue weighted by Crippen LogP contribution is -2.38. The molecule has 122 valence electrons. The van der Waals surface area contributed by atoms with Crippen LogP contribution in [-0.4, -0.2) is 19.0 Å². The smallest absolute Gasteiger partial charge is 0.227 e. The van der Waals surface area contributed by atoms with Crippen LogP contribution >= 0.6 is 11.6 Å². The highest BCUT2D eigenvalue weighted by Crippen LogP contribution is 2.26. The van der Waals surface area contributed by atoms with Gasteiger partial charge in [-0.15, -0.1) is 0 Å². The second-order valence-corrected chi connectivity index (χ2v) is 6.36. The summed E-state index contributed by atoms with van der Waals surface area (Å²) in [5, 5.41) is 12.5. The molecule has 1 aliphatic heterocycles. The van der Waals surface area contributed by atoms with E-state index in [0.29, 0.717) is 5.56 Å². The molecule has 0 atom stereocenters. The number of halogens is 1. The zero-order valence-corrected chi connectivity index (χ0v) is 14.0. The van der Waals surface area contributed by atoms with E-state index in [1.54, 1.807) is 24.3 Å². The maximum Gasteiger partial charge on any atom is 0.227 e. The molecule has 0 bridgehead atoms. The molecule has 1 fully saturated rings. The summed E-state index contributed by atoms with van der Waals surface area (Å²) in [7, 11) is 0. The van der Waals surface area contributed by atoms with Crippen LogP contribution in [0.4, 0.5) is 11.4 Å². The lowest BCUT2D eigenvalue weighted by molar-refractivity contribution is -0.120. The maximum absolute atomic E-state index is 12.4. The van der Waals surface area contributed by atoms with Gasteiger partial charge in [0, 0.05) is 35.4 Å². The summed E-state index contributed by atoms with van der Waals surface area (Å²) in [6.07, 6.45) is 1.63. The van der Waals surface area contributed by atoms with E-state index >= 15 is 0 Å². The van der Waals surface area contributed by atoms with E-state index in [1.807, 2.05) is 24.3 Å². The van der Waals surface area contributed by atoms with E-state index in [0.717, 1.165) is 42.3 Å². The van der Waals surface area contributed by atoms with Gasteiger partial charge in [0.2, 0.25) is 5.91 Å². The van der Waals surface area contributed by atoms with Gasteiger partial charge in [0.15, 0.2) is 0 Å². The molecule has 0 aliphatic carbocycles. The maximum atomic E-state index is 12.4. The van der Waals surface area contributed by atoms with Gasteiger partial charge in [-0.3, -0.25) is 4.79 Å². The van der Waals surface area contributed by atoms with E-state index in [2.05, 4.69) is 16.3 Å². The van der Waals surface area contributed by atoms with Gasteiger partial charge in [0.1, 0.15) is 0 Å². The van der Waals surface area contributed by atoms with Gasteiger partial charge in [-0.05, 0) is 55.3 Å². The van der Waals surface area contributed by atoms with Crippen molar-refractivity contribution in [3.8, 4) is 6.07 Å². The molecule has 1 N–H and O–H groups in total. The summed E-state index contributed by atoms with van der Waals surface area (Å²) in [5.41, 5.74) is 2.42. The molecule has 1 amide bonds. The second-order valence-electron chi connectivity index (χ2n) is 5.92. The third-order valence-corrected chi connectivity index (χ3v) is 4.56. The molecule has 2 aromatic rings. The van der Waals surface area contributed by atoms with E-state index < -0.39 is 0 Å². The van der Waals surface area contributed by atoms with Crippen LogP contribution in [0.1, 0.15) is 18.4 Å². The molecule has 0 spiro atoms. The van der Waals surface area contributed by atoms with Crippen LogP contribution in [0.15, 0.2) is 48.5 Å². The number of anilines is 2. The molecule has 2 aromatic carbocycles. The summed E-state index contributed by atoms with van der Waals surface area (Å²) < 4.78 is 0. The molecular formula is C19H18ClN3O. The SMILES string of the molecule is N#Cc1ccc(NC(=O)C2CCN(c3cccc(Cl)c3)CC2)cc1. The van der Waals surface area contributed by atoms with Crippen LogP contribution in [0.3, 0.4) is 0 Å². The van der Waals surface area contributed by atoms with Crippen molar-refractivity contribution in [1.82, 2.24) is 0 Å². The summed E-state index contributed by atoms with van der Waals surface area (Å²) in [6.45, 7) is 1.68. The fourth-order valence-electron chi connectivity index (χ4n) is 2.95. The molecular weight excluding hydrogens is 322 g/mol. The Hall–Kier alpha value is -2.51. The number of rotatable bonds is 3. The molecule has 0 saturated carbocycles. The monoisotopic (exact) mass is 339 g/mol. The Morgan fingerprint density at radius 2 is 1.88 bits per heavy atom. The number of hydrogen-bond donors (Lipinski definition) is 1. The minimum Gasteiger partial charge on any atom is -0.371 e. The van der Waals surface area contributed by atoms with Crippen molar-refractivity contribution in [2.45, 2.75) is 12.8 Å². The van der Waals surface area contributed by atoms with Crippen molar-refractivity contribution in [2.75, 3.05) is 23.3 Å². The van der Waals surface area contributed by atoms with Gasteiger partial charge in [-0.2, -0.15) is 5.26 Å². The van der Waals surface area contributed by atoms with Crippen molar-refractivity contribution < 1.29 is 4.79 Å². The first-order valence-corrected chi connectivity index (χ1v) is 8.35. The average Bonchev–Trinajstić information content (AvgIpc) is 2.62. The van der Waals surface area contributed by atoms with Crippen molar-refractivity contribution in [1.29, 1.82) is 5.26 Å². The van der Waals surface area contributed by atoms with E-state index in [-0.39, 0.29) is 11.8 Å². The Bertz CT molecular complexity index is 759. The Morgan fingerprint density at radius 3 is 2.50 bits per heavy atom. The predicted molar refractivity (Wildman–Crippen MR) is 96.2 cm³/mol.